The number of ether oxygens (including phenoxy) is 1. The second-order valence-electron chi connectivity index (χ2n) is 3.94. The van der Waals surface area contributed by atoms with E-state index in [2.05, 4.69) is 10.3 Å². The molecule has 0 radical (unpaired) electrons. The molecule has 0 fully saturated rings. The Bertz CT molecular complexity index is 567. The van der Waals surface area contributed by atoms with Gasteiger partial charge in [-0.3, -0.25) is 0 Å². The van der Waals surface area contributed by atoms with Gasteiger partial charge in [-0.1, -0.05) is 12.1 Å². The Morgan fingerprint density at radius 3 is 2.68 bits per heavy atom. The third kappa shape index (κ3) is 3.45. The number of nitrogens with one attached hydrogen (secondary N) is 1. The molecule has 0 spiro atoms. The van der Waals surface area contributed by atoms with Crippen molar-refractivity contribution in [1.82, 2.24) is 4.98 Å². The van der Waals surface area contributed by atoms with E-state index >= 15 is 0 Å². The van der Waals surface area contributed by atoms with Crippen LogP contribution in [0.1, 0.15) is 15.9 Å². The van der Waals surface area contributed by atoms with Crippen molar-refractivity contribution in [2.24, 2.45) is 0 Å². The average Bonchev–Trinajstić information content (AvgIpc) is 2.46. The highest BCUT2D eigenvalue weighted by molar-refractivity contribution is 5.87. The van der Waals surface area contributed by atoms with Crippen LogP contribution in [0.15, 0.2) is 42.6 Å². The Balaban J connectivity index is 1.99. The minimum Gasteiger partial charge on any atom is -0.481 e. The minimum atomic E-state index is -0.918. The fourth-order valence-corrected chi connectivity index (χ4v) is 1.60. The number of carboxylic acids is 1. The molecule has 0 saturated carbocycles. The molecule has 0 aliphatic rings. The summed E-state index contributed by atoms with van der Waals surface area (Å²) in [5.41, 5.74) is 2.18. The molecular formula is C14H14N2O3. The maximum Gasteiger partial charge on any atom is 0.335 e. The van der Waals surface area contributed by atoms with E-state index in [1.807, 2.05) is 6.07 Å². The Hall–Kier alpha value is -2.56. The molecule has 0 aliphatic carbocycles. The third-order valence-electron chi connectivity index (χ3n) is 2.64. The monoisotopic (exact) mass is 258 g/mol. The van der Waals surface area contributed by atoms with Crippen LogP contribution in [0.2, 0.25) is 0 Å². The van der Waals surface area contributed by atoms with Crippen LogP contribution >= 0.6 is 0 Å². The molecule has 0 bridgehead atoms. The van der Waals surface area contributed by atoms with Crippen molar-refractivity contribution in [2.75, 3.05) is 12.4 Å². The summed E-state index contributed by atoms with van der Waals surface area (Å²) in [6.45, 7) is 0.604. The number of anilines is 1. The summed E-state index contributed by atoms with van der Waals surface area (Å²) in [4.78, 5) is 14.7. The van der Waals surface area contributed by atoms with Crippen LogP contribution < -0.4 is 10.1 Å². The van der Waals surface area contributed by atoms with Gasteiger partial charge in [0.25, 0.3) is 0 Å². The first-order valence-corrected chi connectivity index (χ1v) is 5.75. The van der Waals surface area contributed by atoms with Crippen molar-refractivity contribution in [1.29, 1.82) is 0 Å². The molecule has 2 aromatic rings. The van der Waals surface area contributed by atoms with Crippen LogP contribution in [0, 0.1) is 0 Å². The molecule has 0 amide bonds. The van der Waals surface area contributed by atoms with E-state index in [1.165, 1.54) is 0 Å². The summed E-state index contributed by atoms with van der Waals surface area (Å²) in [7, 11) is 1.57. The highest BCUT2D eigenvalue weighted by atomic mass is 16.5. The van der Waals surface area contributed by atoms with Gasteiger partial charge in [-0.2, -0.15) is 0 Å². The normalized spacial score (nSPS) is 9.95. The highest BCUT2D eigenvalue weighted by Gasteiger charge is 2.02. The quantitative estimate of drug-likeness (QED) is 0.861. The summed E-state index contributed by atoms with van der Waals surface area (Å²) in [5.74, 6) is -0.371. The van der Waals surface area contributed by atoms with Crippen molar-refractivity contribution >= 4 is 11.7 Å². The number of nitrogens with zero attached hydrogens (tertiary/aromatic N) is 1. The van der Waals surface area contributed by atoms with E-state index < -0.39 is 5.97 Å². The van der Waals surface area contributed by atoms with E-state index in [0.29, 0.717) is 12.4 Å². The van der Waals surface area contributed by atoms with Crippen molar-refractivity contribution in [3.63, 3.8) is 0 Å². The molecule has 19 heavy (non-hydrogen) atoms. The van der Waals surface area contributed by atoms with Gasteiger partial charge in [0.2, 0.25) is 5.88 Å². The number of carbonyl (C=O) groups is 1. The van der Waals surface area contributed by atoms with Crippen molar-refractivity contribution in [3.05, 3.63) is 53.7 Å². The van der Waals surface area contributed by atoms with Gasteiger partial charge in [0.15, 0.2) is 0 Å². The number of aromatic nitrogens is 1. The predicted octanol–water partition coefficient (Wildman–Crippen LogP) is 2.40. The summed E-state index contributed by atoms with van der Waals surface area (Å²) < 4.78 is 5.03. The topological polar surface area (TPSA) is 71.5 Å². The fourth-order valence-electron chi connectivity index (χ4n) is 1.60. The molecule has 2 N–H and O–H groups in total. The first-order chi connectivity index (χ1) is 9.19. The van der Waals surface area contributed by atoms with E-state index in [0.717, 1.165) is 11.3 Å². The highest BCUT2D eigenvalue weighted by Crippen LogP contribution is 2.14. The van der Waals surface area contributed by atoms with Crippen molar-refractivity contribution < 1.29 is 14.6 Å². The van der Waals surface area contributed by atoms with Crippen LogP contribution in [0.25, 0.3) is 0 Å². The number of carboxylic acid groups (broad SMARTS) is 1. The zero-order chi connectivity index (χ0) is 13.7. The maximum atomic E-state index is 10.7. The Morgan fingerprint density at radius 1 is 1.32 bits per heavy atom. The molecule has 98 valence electrons. The lowest BCUT2D eigenvalue weighted by Crippen LogP contribution is -2.01. The molecule has 1 aromatic heterocycles. The van der Waals surface area contributed by atoms with Gasteiger partial charge in [-0.25, -0.2) is 9.78 Å². The van der Waals surface area contributed by atoms with Gasteiger partial charge in [0, 0.05) is 24.5 Å². The summed E-state index contributed by atoms with van der Waals surface area (Å²) in [6.07, 6.45) is 1.66. The SMILES string of the molecule is COc1cc(NCc2ccc(C(=O)O)cc2)ccn1. The summed E-state index contributed by atoms with van der Waals surface area (Å²) in [6, 6.07) is 10.4. The molecule has 0 saturated heterocycles. The number of hydrogen-bond donors (Lipinski definition) is 2. The van der Waals surface area contributed by atoms with Gasteiger partial charge in [-0.15, -0.1) is 0 Å². The second-order valence-corrected chi connectivity index (χ2v) is 3.94. The molecule has 5 nitrogen and oxygen atoms in total. The summed E-state index contributed by atoms with van der Waals surface area (Å²) >= 11 is 0. The largest absolute Gasteiger partial charge is 0.481 e. The van der Waals surface area contributed by atoms with Crippen LogP contribution in [0.5, 0.6) is 5.88 Å². The number of methoxy groups -OCH3 is 1. The first kappa shape index (κ1) is 12.9. The van der Waals surface area contributed by atoms with Crippen LogP contribution in [-0.4, -0.2) is 23.2 Å². The van der Waals surface area contributed by atoms with Crippen LogP contribution in [0.3, 0.4) is 0 Å². The van der Waals surface area contributed by atoms with Crippen LogP contribution in [-0.2, 0) is 6.54 Å². The van der Waals surface area contributed by atoms with Gasteiger partial charge < -0.3 is 15.2 Å². The summed E-state index contributed by atoms with van der Waals surface area (Å²) in [5, 5.41) is 12.0. The molecule has 1 aromatic carbocycles. The lowest BCUT2D eigenvalue weighted by Gasteiger charge is -2.07. The number of benzene rings is 1. The van der Waals surface area contributed by atoms with Crippen molar-refractivity contribution in [2.45, 2.75) is 6.54 Å². The third-order valence-corrected chi connectivity index (χ3v) is 2.64. The van der Waals surface area contributed by atoms with Crippen LogP contribution in [0.4, 0.5) is 5.69 Å². The molecule has 0 atom stereocenters. The molecule has 0 aliphatic heterocycles. The van der Waals surface area contributed by atoms with E-state index in [-0.39, 0.29) is 5.56 Å². The van der Waals surface area contributed by atoms with Gasteiger partial charge in [0.1, 0.15) is 0 Å². The smallest absolute Gasteiger partial charge is 0.335 e. The second kappa shape index (κ2) is 5.86. The number of hydrogen-bond acceptors (Lipinski definition) is 4. The van der Waals surface area contributed by atoms with Gasteiger partial charge in [0.05, 0.1) is 12.7 Å². The zero-order valence-corrected chi connectivity index (χ0v) is 10.5. The molecule has 5 heteroatoms. The predicted molar refractivity (Wildman–Crippen MR) is 71.5 cm³/mol. The zero-order valence-electron chi connectivity index (χ0n) is 10.5. The minimum absolute atomic E-state index is 0.286. The first-order valence-electron chi connectivity index (χ1n) is 5.75. The molecule has 1 heterocycles. The molecular weight excluding hydrogens is 244 g/mol. The molecule has 2 rings (SSSR count). The van der Waals surface area contributed by atoms with E-state index in [4.69, 9.17) is 9.84 Å². The number of rotatable bonds is 5. The van der Waals surface area contributed by atoms with E-state index in [9.17, 15) is 4.79 Å². The Kier molecular flexibility index (Phi) is 3.97. The van der Waals surface area contributed by atoms with Crippen molar-refractivity contribution in [3.8, 4) is 5.88 Å². The lowest BCUT2D eigenvalue weighted by molar-refractivity contribution is 0.0697. The van der Waals surface area contributed by atoms with Gasteiger partial charge >= 0.3 is 5.97 Å². The maximum absolute atomic E-state index is 10.7. The lowest BCUT2D eigenvalue weighted by atomic mass is 10.1. The standard InChI is InChI=1S/C14H14N2O3/c1-19-13-8-12(6-7-15-13)16-9-10-2-4-11(5-3-10)14(17)18/h2-8H,9H2,1H3,(H,15,16)(H,17,18). The molecule has 0 unspecified atom stereocenters. The van der Waals surface area contributed by atoms with Gasteiger partial charge in [-0.05, 0) is 23.8 Å². The number of aromatic carboxylic acids is 1. The van der Waals surface area contributed by atoms with E-state index in [1.54, 1.807) is 43.6 Å². The fraction of sp³-hybridized carbons (Fsp3) is 0.143. The Morgan fingerprint density at radius 2 is 2.05 bits per heavy atom. The number of pyridine rings is 1. The Labute approximate surface area is 110 Å². The average molecular weight is 258 g/mol.